The fraction of sp³-hybridized carbons (Fsp3) is 0.0500. The Morgan fingerprint density at radius 2 is 1.96 bits per heavy atom. The number of aromatic nitrogens is 3. The first-order valence-electron chi connectivity index (χ1n) is 8.40. The highest BCUT2D eigenvalue weighted by Gasteiger charge is 2.20. The van der Waals surface area contributed by atoms with E-state index in [4.69, 9.17) is 4.42 Å². The molecule has 0 aliphatic heterocycles. The van der Waals surface area contributed by atoms with Gasteiger partial charge in [-0.25, -0.2) is 4.39 Å². The molecule has 0 radical (unpaired) electrons. The highest BCUT2D eigenvalue weighted by atomic mass is 79.9. The summed E-state index contributed by atoms with van der Waals surface area (Å²) in [4.78, 5) is 17.3. The van der Waals surface area contributed by atoms with E-state index in [1.54, 1.807) is 12.1 Å². The molecule has 2 aromatic carbocycles. The third kappa shape index (κ3) is 3.86. The van der Waals surface area contributed by atoms with E-state index in [1.807, 2.05) is 24.3 Å². The third-order valence-electron chi connectivity index (χ3n) is 3.97. The summed E-state index contributed by atoms with van der Waals surface area (Å²) in [6.45, 7) is 0.437. The first-order valence-corrected chi connectivity index (χ1v) is 9.19. The van der Waals surface area contributed by atoms with Gasteiger partial charge in [0.25, 0.3) is 5.91 Å². The lowest BCUT2D eigenvalue weighted by Crippen LogP contribution is -2.17. The molecule has 0 amide bonds. The fourth-order valence-electron chi connectivity index (χ4n) is 2.62. The van der Waals surface area contributed by atoms with Crippen molar-refractivity contribution in [2.75, 3.05) is 5.32 Å². The second kappa shape index (κ2) is 7.77. The molecular formula is C20H14BrFN4O2. The molecule has 6 nitrogen and oxygen atoms in total. The zero-order chi connectivity index (χ0) is 19.5. The molecule has 0 aliphatic rings. The Bertz CT molecular complexity index is 1110. The van der Waals surface area contributed by atoms with Crippen LogP contribution in [-0.2, 0) is 6.54 Å². The van der Waals surface area contributed by atoms with E-state index in [2.05, 4.69) is 31.3 Å². The molecule has 1 N–H and O–H groups in total. The van der Waals surface area contributed by atoms with Crippen molar-refractivity contribution >= 4 is 27.8 Å². The maximum Gasteiger partial charge on any atom is 0.281 e. The summed E-state index contributed by atoms with van der Waals surface area (Å²) in [6.07, 6.45) is 1.51. The summed E-state index contributed by atoms with van der Waals surface area (Å²) < 4.78 is 20.6. The molecule has 0 aliphatic carbocycles. The summed E-state index contributed by atoms with van der Waals surface area (Å²) in [5.41, 5.74) is 1.29. The van der Waals surface area contributed by atoms with E-state index in [1.165, 1.54) is 30.5 Å². The van der Waals surface area contributed by atoms with Crippen molar-refractivity contribution in [2.45, 2.75) is 6.54 Å². The van der Waals surface area contributed by atoms with Gasteiger partial charge >= 0.3 is 0 Å². The van der Waals surface area contributed by atoms with E-state index in [-0.39, 0.29) is 11.8 Å². The molecule has 0 unspecified atom stereocenters. The molecule has 8 heteroatoms. The molecule has 2 heterocycles. The average Bonchev–Trinajstić information content (AvgIpc) is 3.36. The van der Waals surface area contributed by atoms with Gasteiger partial charge in [-0.05, 0) is 54.1 Å². The normalized spacial score (nSPS) is 10.8. The molecule has 4 rings (SSSR count). The lowest BCUT2D eigenvalue weighted by Gasteiger charge is -2.07. The van der Waals surface area contributed by atoms with Crippen LogP contribution in [0.1, 0.15) is 15.9 Å². The van der Waals surface area contributed by atoms with Crippen molar-refractivity contribution in [1.82, 2.24) is 14.8 Å². The van der Waals surface area contributed by atoms with Crippen molar-refractivity contribution in [3.63, 3.8) is 0 Å². The van der Waals surface area contributed by atoms with Crippen LogP contribution in [0.15, 0.2) is 75.8 Å². The Kier molecular flexibility index (Phi) is 5.03. The summed E-state index contributed by atoms with van der Waals surface area (Å²) in [5, 5.41) is 7.41. The van der Waals surface area contributed by atoms with Crippen molar-refractivity contribution in [3.05, 3.63) is 88.3 Å². The molecule has 140 valence electrons. The van der Waals surface area contributed by atoms with Crippen LogP contribution in [0.2, 0.25) is 0 Å². The quantitative estimate of drug-likeness (QED) is 0.485. The molecule has 0 spiro atoms. The minimum atomic E-state index is -0.429. The third-order valence-corrected chi connectivity index (χ3v) is 4.47. The van der Waals surface area contributed by atoms with Gasteiger partial charge in [-0.15, -0.1) is 5.10 Å². The van der Waals surface area contributed by atoms with E-state index in [0.29, 0.717) is 17.9 Å². The monoisotopic (exact) mass is 440 g/mol. The van der Waals surface area contributed by atoms with Gasteiger partial charge in [0.15, 0.2) is 5.76 Å². The number of nitrogens with one attached hydrogen (secondary N) is 1. The van der Waals surface area contributed by atoms with Gasteiger partial charge < -0.3 is 9.73 Å². The lowest BCUT2D eigenvalue weighted by atomic mass is 10.2. The Hall–Kier alpha value is -3.26. The maximum absolute atomic E-state index is 13.2. The maximum atomic E-state index is 13.2. The molecule has 0 saturated carbocycles. The van der Waals surface area contributed by atoms with Crippen LogP contribution in [0.25, 0.3) is 11.6 Å². The second-order valence-corrected chi connectivity index (χ2v) is 6.86. The molecule has 0 saturated heterocycles. The highest BCUT2D eigenvalue weighted by Crippen LogP contribution is 2.20. The van der Waals surface area contributed by atoms with Gasteiger partial charge in [-0.1, -0.05) is 28.1 Å². The van der Waals surface area contributed by atoms with Crippen LogP contribution in [0.5, 0.6) is 0 Å². The minimum Gasteiger partial charge on any atom is -0.461 e. The smallest absolute Gasteiger partial charge is 0.281 e. The van der Waals surface area contributed by atoms with Gasteiger partial charge in [-0.2, -0.15) is 9.67 Å². The molecule has 4 aromatic rings. The Balaban J connectivity index is 1.67. The number of carbonyl (C=O) groups is 1. The van der Waals surface area contributed by atoms with Gasteiger partial charge in [-0.3, -0.25) is 4.79 Å². The number of carbonyl (C=O) groups excluding carboxylic acids is 1. The zero-order valence-corrected chi connectivity index (χ0v) is 16.1. The molecular weight excluding hydrogens is 427 g/mol. The molecule has 28 heavy (non-hydrogen) atoms. The minimum absolute atomic E-state index is 0.265. The van der Waals surface area contributed by atoms with Crippen molar-refractivity contribution in [2.24, 2.45) is 0 Å². The predicted octanol–water partition coefficient (Wildman–Crippen LogP) is 4.74. The van der Waals surface area contributed by atoms with Gasteiger partial charge in [0, 0.05) is 16.6 Å². The molecule has 2 aromatic heterocycles. The number of hydrogen-bond acceptors (Lipinski definition) is 5. The van der Waals surface area contributed by atoms with Crippen LogP contribution in [0, 0.1) is 5.82 Å². The molecule has 0 atom stereocenters. The van der Waals surface area contributed by atoms with Crippen molar-refractivity contribution in [1.29, 1.82) is 0 Å². The molecule has 0 bridgehead atoms. The number of benzene rings is 2. The SMILES string of the molecule is O=C(c1ccc(F)cc1)n1nc(-c2ccco2)nc1NCc1cccc(Br)c1. The summed E-state index contributed by atoms with van der Waals surface area (Å²) in [6, 6.07) is 16.5. The predicted molar refractivity (Wildman–Crippen MR) is 105 cm³/mol. The van der Waals surface area contributed by atoms with E-state index in [0.717, 1.165) is 14.7 Å². The Labute approximate surface area is 168 Å². The summed E-state index contributed by atoms with van der Waals surface area (Å²) in [7, 11) is 0. The van der Waals surface area contributed by atoms with Crippen LogP contribution >= 0.6 is 15.9 Å². The first-order chi connectivity index (χ1) is 13.6. The van der Waals surface area contributed by atoms with E-state index in [9.17, 15) is 9.18 Å². The number of hydrogen-bond donors (Lipinski definition) is 1. The van der Waals surface area contributed by atoms with E-state index < -0.39 is 11.7 Å². The summed E-state index contributed by atoms with van der Waals surface area (Å²) >= 11 is 3.43. The number of nitrogens with zero attached hydrogens (tertiary/aromatic N) is 3. The lowest BCUT2D eigenvalue weighted by molar-refractivity contribution is 0.0947. The van der Waals surface area contributed by atoms with E-state index >= 15 is 0 Å². The number of halogens is 2. The van der Waals surface area contributed by atoms with Crippen LogP contribution < -0.4 is 5.32 Å². The highest BCUT2D eigenvalue weighted by molar-refractivity contribution is 9.10. The van der Waals surface area contributed by atoms with Crippen molar-refractivity contribution in [3.8, 4) is 11.6 Å². The number of anilines is 1. The Morgan fingerprint density at radius 1 is 1.14 bits per heavy atom. The number of rotatable bonds is 5. The van der Waals surface area contributed by atoms with Gasteiger partial charge in [0.1, 0.15) is 5.82 Å². The Morgan fingerprint density at radius 3 is 2.68 bits per heavy atom. The average molecular weight is 441 g/mol. The number of furan rings is 1. The second-order valence-electron chi connectivity index (χ2n) is 5.94. The van der Waals surface area contributed by atoms with Crippen LogP contribution in [0.3, 0.4) is 0 Å². The standard InChI is InChI=1S/C20H14BrFN4O2/c21-15-4-1-3-13(11-15)12-23-20-24-18(17-5-2-10-28-17)25-26(20)19(27)14-6-8-16(22)9-7-14/h1-11H,12H2,(H,23,24,25). The van der Waals surface area contributed by atoms with Gasteiger partial charge in [0.05, 0.1) is 6.26 Å². The van der Waals surface area contributed by atoms with Crippen LogP contribution in [0.4, 0.5) is 10.3 Å². The van der Waals surface area contributed by atoms with Gasteiger partial charge in [0.2, 0.25) is 11.8 Å². The molecule has 0 fully saturated rings. The topological polar surface area (TPSA) is 73.0 Å². The first kappa shape index (κ1) is 18.1. The fourth-order valence-corrected chi connectivity index (χ4v) is 3.07. The largest absolute Gasteiger partial charge is 0.461 e. The van der Waals surface area contributed by atoms with Crippen molar-refractivity contribution < 1.29 is 13.6 Å². The summed E-state index contributed by atoms with van der Waals surface area (Å²) in [5.74, 6) is 0.135. The van der Waals surface area contributed by atoms with Crippen LogP contribution in [-0.4, -0.2) is 20.7 Å². The zero-order valence-electron chi connectivity index (χ0n) is 14.5.